The molecule has 2 aromatic carbocycles. The van der Waals surface area contributed by atoms with Gasteiger partial charge >= 0.3 is 12.1 Å². The summed E-state index contributed by atoms with van der Waals surface area (Å²) in [6.45, 7) is 0.949. The number of carbonyl (C=O) groups is 3. The molecule has 0 atom stereocenters. The van der Waals surface area contributed by atoms with Crippen LogP contribution in [0.2, 0.25) is 0 Å². The molecule has 7 heteroatoms. The number of ether oxygens (including phenoxy) is 2. The summed E-state index contributed by atoms with van der Waals surface area (Å²) in [4.78, 5) is 35.5. The highest BCUT2D eigenvalue weighted by Gasteiger charge is 2.41. The molecule has 0 aliphatic carbocycles. The molecule has 2 rings (SSSR count). The fourth-order valence-corrected chi connectivity index (χ4v) is 2.31. The normalized spacial score (nSPS) is 10.7. The number of hydrogen-bond donors (Lipinski definition) is 2. The zero-order valence-corrected chi connectivity index (χ0v) is 14.2. The summed E-state index contributed by atoms with van der Waals surface area (Å²) >= 11 is 0. The quantitative estimate of drug-likeness (QED) is 0.764. The highest BCUT2D eigenvalue weighted by molar-refractivity contribution is 5.94. The maximum absolute atomic E-state index is 12.6. The van der Waals surface area contributed by atoms with Gasteiger partial charge in [0.2, 0.25) is 5.60 Å². The Morgan fingerprint density at radius 1 is 0.923 bits per heavy atom. The number of benzene rings is 2. The molecular formula is C19H19NO6. The van der Waals surface area contributed by atoms with E-state index in [2.05, 4.69) is 4.74 Å². The van der Waals surface area contributed by atoms with Crippen LogP contribution in [0.3, 0.4) is 0 Å². The minimum Gasteiger partial charge on any atom is -0.453 e. The van der Waals surface area contributed by atoms with Crippen molar-refractivity contribution in [1.29, 1.82) is 0 Å². The number of aliphatic hydroxyl groups is 1. The molecule has 7 nitrogen and oxygen atoms in total. The summed E-state index contributed by atoms with van der Waals surface area (Å²) in [5, 5.41) is 13.0. The first-order chi connectivity index (χ1) is 12.5. The van der Waals surface area contributed by atoms with Gasteiger partial charge in [-0.25, -0.2) is 9.59 Å². The Labute approximate surface area is 150 Å². The third-order valence-corrected chi connectivity index (χ3v) is 3.53. The smallest absolute Gasteiger partial charge is 0.413 e. The molecule has 2 N–H and O–H groups in total. The van der Waals surface area contributed by atoms with Crippen LogP contribution in [-0.4, -0.2) is 36.3 Å². The summed E-state index contributed by atoms with van der Waals surface area (Å²) in [6, 6.07) is 16.5. The first kappa shape index (κ1) is 19.1. The molecule has 2 amide bonds. The van der Waals surface area contributed by atoms with Crippen LogP contribution in [0.1, 0.15) is 18.1 Å². The maximum Gasteiger partial charge on any atom is 0.413 e. The van der Waals surface area contributed by atoms with Crippen molar-refractivity contribution < 1.29 is 29.0 Å². The predicted octanol–water partition coefficient (Wildman–Crippen LogP) is 1.74. The lowest BCUT2D eigenvalue weighted by Crippen LogP contribution is -2.41. The Morgan fingerprint density at radius 3 is 1.88 bits per heavy atom. The standard InChI is InChI=1S/C19H19NO6/c1-2-25-18(23)20-16(21)13-26-17(22)19(24,14-9-5-3-6-10-14)15-11-7-4-8-12-15/h3-12,24H,2,13H2,1H3,(H,20,21,23). The van der Waals surface area contributed by atoms with Crippen molar-refractivity contribution in [3.8, 4) is 0 Å². The summed E-state index contributed by atoms with van der Waals surface area (Å²) in [6.07, 6.45) is -0.935. The molecule has 136 valence electrons. The second-order valence-corrected chi connectivity index (χ2v) is 5.29. The summed E-state index contributed by atoms with van der Waals surface area (Å²) in [5.41, 5.74) is -1.50. The lowest BCUT2D eigenvalue weighted by molar-refractivity contribution is -0.164. The second kappa shape index (κ2) is 8.77. The number of nitrogens with one attached hydrogen (secondary N) is 1. The van der Waals surface area contributed by atoms with E-state index in [9.17, 15) is 19.5 Å². The van der Waals surface area contributed by atoms with Gasteiger partial charge in [0.1, 0.15) is 0 Å². The number of hydrogen-bond acceptors (Lipinski definition) is 6. The van der Waals surface area contributed by atoms with E-state index in [1.807, 2.05) is 5.32 Å². The van der Waals surface area contributed by atoms with E-state index in [0.29, 0.717) is 11.1 Å². The third-order valence-electron chi connectivity index (χ3n) is 3.53. The number of imide groups is 1. The minimum atomic E-state index is -2.09. The van der Waals surface area contributed by atoms with Crippen molar-refractivity contribution >= 4 is 18.0 Å². The van der Waals surface area contributed by atoms with Crippen LogP contribution in [0.25, 0.3) is 0 Å². The van der Waals surface area contributed by atoms with Crippen LogP contribution in [-0.2, 0) is 24.7 Å². The molecule has 0 aliphatic rings. The van der Waals surface area contributed by atoms with Gasteiger partial charge in [0.15, 0.2) is 6.61 Å². The molecule has 0 radical (unpaired) electrons. The Balaban J connectivity index is 2.18. The maximum atomic E-state index is 12.6. The van der Waals surface area contributed by atoms with E-state index < -0.39 is 30.2 Å². The van der Waals surface area contributed by atoms with Crippen molar-refractivity contribution in [3.63, 3.8) is 0 Å². The number of esters is 1. The van der Waals surface area contributed by atoms with Gasteiger partial charge in [-0.2, -0.15) is 0 Å². The Hall–Kier alpha value is -3.19. The summed E-state index contributed by atoms with van der Waals surface area (Å²) in [7, 11) is 0. The van der Waals surface area contributed by atoms with E-state index in [-0.39, 0.29) is 6.61 Å². The monoisotopic (exact) mass is 357 g/mol. The molecule has 26 heavy (non-hydrogen) atoms. The molecule has 0 aromatic heterocycles. The van der Waals surface area contributed by atoms with Crippen LogP contribution < -0.4 is 5.32 Å². The average molecular weight is 357 g/mol. The zero-order chi connectivity index (χ0) is 19.0. The largest absolute Gasteiger partial charge is 0.453 e. The first-order valence-electron chi connectivity index (χ1n) is 7.95. The summed E-state index contributed by atoms with van der Waals surface area (Å²) in [5.74, 6) is -1.89. The molecule has 0 saturated carbocycles. The third kappa shape index (κ3) is 4.46. The predicted molar refractivity (Wildman–Crippen MR) is 92.0 cm³/mol. The number of alkyl carbamates (subject to hydrolysis) is 1. The lowest BCUT2D eigenvalue weighted by atomic mass is 9.86. The van der Waals surface area contributed by atoms with Crippen molar-refractivity contribution in [3.05, 3.63) is 71.8 Å². The Kier molecular flexibility index (Phi) is 6.46. The fourth-order valence-electron chi connectivity index (χ4n) is 2.31. The molecule has 2 aromatic rings. The topological polar surface area (TPSA) is 102 Å². The number of carbonyl (C=O) groups excluding carboxylic acids is 3. The first-order valence-corrected chi connectivity index (χ1v) is 7.95. The molecule has 0 aliphatic heterocycles. The van der Waals surface area contributed by atoms with Crippen LogP contribution in [0.4, 0.5) is 4.79 Å². The average Bonchev–Trinajstić information content (AvgIpc) is 2.67. The highest BCUT2D eigenvalue weighted by Crippen LogP contribution is 2.30. The van der Waals surface area contributed by atoms with E-state index in [1.54, 1.807) is 67.6 Å². The van der Waals surface area contributed by atoms with Gasteiger partial charge < -0.3 is 14.6 Å². The number of rotatable bonds is 6. The van der Waals surface area contributed by atoms with Crippen LogP contribution in [0.5, 0.6) is 0 Å². The van der Waals surface area contributed by atoms with E-state index in [1.165, 1.54) is 0 Å². The van der Waals surface area contributed by atoms with Crippen LogP contribution in [0.15, 0.2) is 60.7 Å². The molecular weight excluding hydrogens is 338 g/mol. The fraction of sp³-hybridized carbons (Fsp3) is 0.211. The van der Waals surface area contributed by atoms with Gasteiger partial charge in [0.25, 0.3) is 5.91 Å². The molecule has 0 spiro atoms. The molecule has 0 saturated heterocycles. The SMILES string of the molecule is CCOC(=O)NC(=O)COC(=O)C(O)(c1ccccc1)c1ccccc1. The van der Waals surface area contributed by atoms with Crippen molar-refractivity contribution in [2.75, 3.05) is 13.2 Å². The minimum absolute atomic E-state index is 0.0979. The molecule has 0 fully saturated rings. The van der Waals surface area contributed by atoms with Crippen molar-refractivity contribution in [1.82, 2.24) is 5.32 Å². The Morgan fingerprint density at radius 2 is 1.42 bits per heavy atom. The molecule has 0 heterocycles. The molecule has 0 bridgehead atoms. The molecule has 0 unspecified atom stereocenters. The van der Waals surface area contributed by atoms with Crippen LogP contribution in [0, 0.1) is 0 Å². The van der Waals surface area contributed by atoms with Gasteiger partial charge in [0, 0.05) is 0 Å². The van der Waals surface area contributed by atoms with Gasteiger partial charge in [-0.05, 0) is 18.1 Å². The van der Waals surface area contributed by atoms with Gasteiger partial charge in [0.05, 0.1) is 6.61 Å². The lowest BCUT2D eigenvalue weighted by Gasteiger charge is -2.26. The second-order valence-electron chi connectivity index (χ2n) is 5.29. The van der Waals surface area contributed by atoms with Gasteiger partial charge in [-0.1, -0.05) is 60.7 Å². The zero-order valence-electron chi connectivity index (χ0n) is 14.2. The van der Waals surface area contributed by atoms with Gasteiger partial charge in [-0.15, -0.1) is 0 Å². The Bertz CT molecular complexity index is 721. The van der Waals surface area contributed by atoms with Gasteiger partial charge in [-0.3, -0.25) is 10.1 Å². The van der Waals surface area contributed by atoms with Crippen molar-refractivity contribution in [2.24, 2.45) is 0 Å². The van der Waals surface area contributed by atoms with E-state index >= 15 is 0 Å². The highest BCUT2D eigenvalue weighted by atomic mass is 16.6. The number of amides is 2. The summed E-state index contributed by atoms with van der Waals surface area (Å²) < 4.78 is 9.51. The van der Waals surface area contributed by atoms with Crippen molar-refractivity contribution in [2.45, 2.75) is 12.5 Å². The van der Waals surface area contributed by atoms with Crippen LogP contribution >= 0.6 is 0 Å². The van der Waals surface area contributed by atoms with E-state index in [4.69, 9.17) is 4.74 Å². The van der Waals surface area contributed by atoms with E-state index in [0.717, 1.165) is 0 Å².